The van der Waals surface area contributed by atoms with Crippen LogP contribution in [-0.4, -0.2) is 193 Å². The highest BCUT2D eigenvalue weighted by Crippen LogP contribution is 2.33. The fraction of sp³-hybridized carbons (Fsp3) is 0.928. The van der Waals surface area contributed by atoms with E-state index >= 15 is 0 Å². The van der Waals surface area contributed by atoms with Gasteiger partial charge in [-0.15, -0.1) is 0 Å². The Bertz CT molecular complexity index is 1690. The van der Waals surface area contributed by atoms with Gasteiger partial charge in [0.2, 0.25) is 5.91 Å². The van der Waals surface area contributed by atoms with Crippen molar-refractivity contribution >= 4 is 5.91 Å². The number of hydrogen-bond donors (Lipinski definition) is 12. The number of hydrogen-bond acceptors (Lipinski definition) is 18. The lowest BCUT2D eigenvalue weighted by Crippen LogP contribution is -2.66. The molecule has 0 bridgehead atoms. The van der Waals surface area contributed by atoms with Crippen LogP contribution in [0, 0.1) is 0 Å². The van der Waals surface area contributed by atoms with E-state index in [0.717, 1.165) is 70.6 Å². The first-order valence-corrected chi connectivity index (χ1v) is 35.6. The van der Waals surface area contributed by atoms with Crippen LogP contribution in [0.4, 0.5) is 0 Å². The second-order valence-electron chi connectivity index (χ2n) is 25.7. The molecule has 0 spiro atoms. The van der Waals surface area contributed by atoms with Crippen molar-refractivity contribution < 1.29 is 89.4 Å². The van der Waals surface area contributed by atoms with Gasteiger partial charge in [0.25, 0.3) is 0 Å². The van der Waals surface area contributed by atoms with Crippen LogP contribution in [-0.2, 0) is 33.2 Å². The molecular formula is C69H129NO18. The lowest BCUT2D eigenvalue weighted by molar-refractivity contribution is -0.379. The molecule has 17 unspecified atom stereocenters. The van der Waals surface area contributed by atoms with E-state index in [-0.39, 0.29) is 18.9 Å². The van der Waals surface area contributed by atoms with Crippen molar-refractivity contribution in [1.29, 1.82) is 0 Å². The van der Waals surface area contributed by atoms with Gasteiger partial charge in [0.1, 0.15) is 73.2 Å². The van der Waals surface area contributed by atoms with E-state index in [4.69, 9.17) is 28.4 Å². The maximum Gasteiger partial charge on any atom is 0.220 e. The molecule has 518 valence electrons. The highest BCUT2D eigenvalue weighted by molar-refractivity contribution is 5.76. The van der Waals surface area contributed by atoms with Crippen molar-refractivity contribution in [2.24, 2.45) is 0 Å². The van der Waals surface area contributed by atoms with Gasteiger partial charge >= 0.3 is 0 Å². The Morgan fingerprint density at radius 1 is 0.398 bits per heavy atom. The summed E-state index contributed by atoms with van der Waals surface area (Å²) < 4.78 is 34.3. The maximum atomic E-state index is 13.3. The van der Waals surface area contributed by atoms with Crippen LogP contribution in [0.15, 0.2) is 24.3 Å². The summed E-state index contributed by atoms with van der Waals surface area (Å²) in [6.45, 7) is 1.67. The van der Waals surface area contributed by atoms with E-state index in [2.05, 4.69) is 31.3 Å². The summed E-state index contributed by atoms with van der Waals surface area (Å²) in [4.78, 5) is 13.3. The Morgan fingerprint density at radius 3 is 1.15 bits per heavy atom. The Hall–Kier alpha value is -1.73. The van der Waals surface area contributed by atoms with Gasteiger partial charge < -0.3 is 89.9 Å². The number of aliphatic hydroxyl groups is 11. The molecule has 3 rings (SSSR count). The quantitative estimate of drug-likeness (QED) is 0.0199. The van der Waals surface area contributed by atoms with Crippen molar-refractivity contribution in [3.05, 3.63) is 24.3 Å². The van der Waals surface area contributed by atoms with Gasteiger partial charge in [-0.25, -0.2) is 0 Å². The van der Waals surface area contributed by atoms with Crippen LogP contribution in [0.1, 0.15) is 277 Å². The molecule has 0 aromatic heterocycles. The van der Waals surface area contributed by atoms with E-state index in [1.807, 2.05) is 6.08 Å². The molecule has 0 aromatic rings. The highest BCUT2D eigenvalue weighted by Gasteiger charge is 2.53. The van der Waals surface area contributed by atoms with Gasteiger partial charge in [0, 0.05) is 6.42 Å². The first-order chi connectivity index (χ1) is 42.8. The average molecular weight is 1260 g/mol. The van der Waals surface area contributed by atoms with Crippen LogP contribution >= 0.6 is 0 Å². The first kappa shape index (κ1) is 80.5. The molecule has 0 aliphatic carbocycles. The fourth-order valence-electron chi connectivity index (χ4n) is 12.2. The minimum Gasteiger partial charge on any atom is -0.394 e. The number of ether oxygens (including phenoxy) is 6. The number of aliphatic hydroxyl groups excluding tert-OH is 11. The summed E-state index contributed by atoms with van der Waals surface area (Å²) >= 11 is 0. The monoisotopic (exact) mass is 1260 g/mol. The van der Waals surface area contributed by atoms with Crippen molar-refractivity contribution in [3.63, 3.8) is 0 Å². The molecule has 17 atom stereocenters. The second kappa shape index (κ2) is 51.7. The Balaban J connectivity index is 1.34. The molecule has 3 saturated heterocycles. The molecule has 0 saturated carbocycles. The lowest BCUT2D eigenvalue weighted by Gasteiger charge is -2.48. The molecule has 3 aliphatic heterocycles. The Labute approximate surface area is 530 Å². The fourth-order valence-corrected chi connectivity index (χ4v) is 12.2. The smallest absolute Gasteiger partial charge is 0.220 e. The van der Waals surface area contributed by atoms with Crippen molar-refractivity contribution in [3.8, 4) is 0 Å². The van der Waals surface area contributed by atoms with Gasteiger partial charge in [-0.3, -0.25) is 4.79 Å². The number of rotatable bonds is 55. The number of carbonyl (C=O) groups excluding carboxylic acids is 1. The third-order valence-electron chi connectivity index (χ3n) is 18.0. The van der Waals surface area contributed by atoms with Gasteiger partial charge in [0.05, 0.1) is 38.6 Å². The molecule has 88 heavy (non-hydrogen) atoms. The number of allylic oxidation sites excluding steroid dienone is 3. The molecule has 1 amide bonds. The highest BCUT2D eigenvalue weighted by atomic mass is 16.8. The topological polar surface area (TPSA) is 307 Å². The standard InChI is InChI=1S/C69H129NO18/c1-3-5-7-9-11-13-15-16-17-18-19-20-21-22-23-24-25-26-27-28-29-30-31-32-33-34-35-36-37-38-40-42-44-46-53(74)52(70-57(75)47-45-43-41-39-14-12-10-8-6-4-2)51-83-67-63(81)60(78)65(55(49-72)85-67)88-69-64(82)61(79)66(56(50-73)86-69)87-68-62(80)59(77)58(76)54(48-71)84-68/h8,10,44,46,52-56,58-69,71-74,76-82H,3-7,9,11-43,45,47-51H2,1-2H3,(H,70,75)/b10-8-,46-44+. The van der Waals surface area contributed by atoms with Crippen molar-refractivity contribution in [1.82, 2.24) is 5.32 Å². The summed E-state index contributed by atoms with van der Waals surface area (Å²) in [6, 6.07) is -0.975. The summed E-state index contributed by atoms with van der Waals surface area (Å²) in [5.74, 6) is -0.285. The molecule has 3 aliphatic rings. The van der Waals surface area contributed by atoms with Gasteiger partial charge in [-0.2, -0.15) is 0 Å². The molecule has 19 heteroatoms. The average Bonchev–Trinajstić information content (AvgIpc) is 1.21. The largest absolute Gasteiger partial charge is 0.394 e. The lowest BCUT2D eigenvalue weighted by atomic mass is 9.96. The predicted molar refractivity (Wildman–Crippen MR) is 342 cm³/mol. The van der Waals surface area contributed by atoms with E-state index in [1.165, 1.54) is 180 Å². The number of unbranched alkanes of at least 4 members (excludes halogenated alkanes) is 37. The Morgan fingerprint density at radius 2 is 0.739 bits per heavy atom. The molecule has 12 N–H and O–H groups in total. The van der Waals surface area contributed by atoms with Crippen molar-refractivity contribution in [2.45, 2.75) is 381 Å². The van der Waals surface area contributed by atoms with Gasteiger partial charge in [0.15, 0.2) is 18.9 Å². The minimum atomic E-state index is -1.98. The molecule has 19 nitrogen and oxygen atoms in total. The van der Waals surface area contributed by atoms with E-state index < -0.39 is 124 Å². The van der Waals surface area contributed by atoms with Gasteiger partial charge in [-0.05, 0) is 38.5 Å². The molecule has 3 heterocycles. The van der Waals surface area contributed by atoms with Crippen molar-refractivity contribution in [2.75, 3.05) is 26.4 Å². The predicted octanol–water partition coefficient (Wildman–Crippen LogP) is 9.44. The van der Waals surface area contributed by atoms with E-state index in [0.29, 0.717) is 6.42 Å². The molecule has 0 aromatic carbocycles. The maximum absolute atomic E-state index is 13.3. The molecule has 0 radical (unpaired) electrons. The van der Waals surface area contributed by atoms with E-state index in [9.17, 15) is 61.0 Å². The zero-order valence-corrected chi connectivity index (χ0v) is 54.7. The SMILES string of the molecule is CCC/C=C\CCCCCCCC(=O)NC(COC1OC(CO)C(OC2OC(CO)C(OC3OC(CO)C(O)C(O)C3O)C(O)C2O)C(O)C1O)C(O)/C=C/CCCCCCCCCCCCCCCCCCCCCCCCCCCCCCCCC. The Kier molecular flexibility index (Phi) is 47.3. The first-order valence-electron chi connectivity index (χ1n) is 35.6. The third-order valence-corrected chi connectivity index (χ3v) is 18.0. The van der Waals surface area contributed by atoms with Gasteiger partial charge in [-0.1, -0.05) is 256 Å². The number of amides is 1. The summed E-state index contributed by atoms with van der Waals surface area (Å²) in [6.07, 6.45) is 32.1. The second-order valence-corrected chi connectivity index (χ2v) is 25.7. The molecule has 3 fully saturated rings. The van der Waals surface area contributed by atoms with Crippen LogP contribution in [0.25, 0.3) is 0 Å². The van der Waals surface area contributed by atoms with Crippen LogP contribution in [0.5, 0.6) is 0 Å². The molecular weight excluding hydrogens is 1130 g/mol. The number of nitrogens with one attached hydrogen (secondary N) is 1. The van der Waals surface area contributed by atoms with E-state index in [1.54, 1.807) is 6.08 Å². The van der Waals surface area contributed by atoms with Crippen LogP contribution < -0.4 is 5.32 Å². The zero-order valence-electron chi connectivity index (χ0n) is 54.7. The summed E-state index contributed by atoms with van der Waals surface area (Å²) in [5, 5.41) is 120. The van der Waals surface area contributed by atoms with Crippen LogP contribution in [0.2, 0.25) is 0 Å². The normalized spacial score (nSPS) is 28.5. The summed E-state index contributed by atoms with van der Waals surface area (Å²) in [7, 11) is 0. The third kappa shape index (κ3) is 33.4. The minimum absolute atomic E-state index is 0.234. The zero-order chi connectivity index (χ0) is 64.0. The number of carbonyl (C=O) groups is 1. The summed E-state index contributed by atoms with van der Waals surface area (Å²) in [5.41, 5.74) is 0. The van der Waals surface area contributed by atoms with Crippen LogP contribution in [0.3, 0.4) is 0 Å².